The Balaban J connectivity index is 1.67. The molecule has 0 amide bonds. The molecule has 0 bridgehead atoms. The van der Waals surface area contributed by atoms with Crippen LogP contribution in [0.5, 0.6) is 5.75 Å². The van der Waals surface area contributed by atoms with Gasteiger partial charge in [-0.1, -0.05) is 18.1 Å². The normalized spacial score (nSPS) is 15.4. The number of benzene rings is 2. The number of nitrogens with one attached hydrogen (secondary N) is 1. The van der Waals surface area contributed by atoms with Crippen LogP contribution < -0.4 is 10.1 Å². The standard InChI is InChI=1S/C22H22N4O/c1-3-16-6-4-7-17(14-16)25-22-21-19(23-15-24-22)8-5-9-20(21)27-18-10-12-26(2)13-11-18/h1,4-9,14-15,18H,10-13H2,2H3,(H,23,24,25). The van der Waals surface area contributed by atoms with Crippen LogP contribution in [0, 0.1) is 12.3 Å². The van der Waals surface area contributed by atoms with E-state index in [-0.39, 0.29) is 6.10 Å². The fourth-order valence-corrected chi connectivity index (χ4v) is 3.38. The van der Waals surface area contributed by atoms with Gasteiger partial charge in [0.2, 0.25) is 0 Å². The summed E-state index contributed by atoms with van der Waals surface area (Å²) >= 11 is 0. The Morgan fingerprint density at radius 1 is 1.15 bits per heavy atom. The zero-order valence-electron chi connectivity index (χ0n) is 15.4. The third-order valence-corrected chi connectivity index (χ3v) is 4.88. The molecular weight excluding hydrogens is 336 g/mol. The molecule has 136 valence electrons. The second-order valence-electron chi connectivity index (χ2n) is 6.84. The van der Waals surface area contributed by atoms with E-state index in [4.69, 9.17) is 11.2 Å². The lowest BCUT2D eigenvalue weighted by Crippen LogP contribution is -2.35. The van der Waals surface area contributed by atoms with Gasteiger partial charge in [-0.15, -0.1) is 6.42 Å². The van der Waals surface area contributed by atoms with Crippen molar-refractivity contribution < 1.29 is 4.74 Å². The Morgan fingerprint density at radius 3 is 2.78 bits per heavy atom. The Bertz CT molecular complexity index is 982. The van der Waals surface area contributed by atoms with Gasteiger partial charge in [0, 0.05) is 24.3 Å². The summed E-state index contributed by atoms with van der Waals surface area (Å²) in [5.74, 6) is 4.20. The molecule has 3 aromatic rings. The number of piperidine rings is 1. The molecule has 0 radical (unpaired) electrons. The molecule has 4 rings (SSSR count). The van der Waals surface area contributed by atoms with Crippen LogP contribution in [0.15, 0.2) is 48.8 Å². The number of fused-ring (bicyclic) bond motifs is 1. The van der Waals surface area contributed by atoms with Gasteiger partial charge in [-0.2, -0.15) is 0 Å². The summed E-state index contributed by atoms with van der Waals surface area (Å²) in [4.78, 5) is 11.2. The van der Waals surface area contributed by atoms with Gasteiger partial charge in [0.1, 0.15) is 24.0 Å². The van der Waals surface area contributed by atoms with Crippen molar-refractivity contribution in [3.8, 4) is 18.1 Å². The van der Waals surface area contributed by atoms with Crippen molar-refractivity contribution in [1.82, 2.24) is 14.9 Å². The number of hydrogen-bond donors (Lipinski definition) is 1. The minimum atomic E-state index is 0.213. The van der Waals surface area contributed by atoms with Gasteiger partial charge in [0.15, 0.2) is 0 Å². The number of anilines is 2. The van der Waals surface area contributed by atoms with Crippen molar-refractivity contribution >= 4 is 22.4 Å². The largest absolute Gasteiger partial charge is 0.489 e. The summed E-state index contributed by atoms with van der Waals surface area (Å²) in [6.45, 7) is 2.10. The number of ether oxygens (including phenoxy) is 1. The monoisotopic (exact) mass is 358 g/mol. The molecule has 1 aromatic heterocycles. The quantitative estimate of drug-likeness (QED) is 0.719. The maximum absolute atomic E-state index is 6.36. The summed E-state index contributed by atoms with van der Waals surface area (Å²) in [7, 11) is 2.15. The molecule has 1 N–H and O–H groups in total. The zero-order valence-corrected chi connectivity index (χ0v) is 15.4. The fraction of sp³-hybridized carbons (Fsp3) is 0.273. The molecule has 2 aromatic carbocycles. The van der Waals surface area contributed by atoms with Crippen molar-refractivity contribution in [2.45, 2.75) is 18.9 Å². The molecule has 1 aliphatic rings. The van der Waals surface area contributed by atoms with Gasteiger partial charge in [-0.3, -0.25) is 0 Å². The maximum Gasteiger partial charge on any atom is 0.145 e. The van der Waals surface area contributed by atoms with Gasteiger partial charge in [-0.25, -0.2) is 9.97 Å². The molecule has 1 aliphatic heterocycles. The molecule has 2 heterocycles. The highest BCUT2D eigenvalue weighted by molar-refractivity contribution is 5.95. The van der Waals surface area contributed by atoms with E-state index in [0.717, 1.165) is 59.7 Å². The number of nitrogens with zero attached hydrogens (tertiary/aromatic N) is 3. The minimum Gasteiger partial charge on any atom is -0.489 e. The highest BCUT2D eigenvalue weighted by Gasteiger charge is 2.20. The smallest absolute Gasteiger partial charge is 0.145 e. The van der Waals surface area contributed by atoms with E-state index < -0.39 is 0 Å². The van der Waals surface area contributed by atoms with Gasteiger partial charge in [-0.05, 0) is 50.2 Å². The maximum atomic E-state index is 6.36. The summed E-state index contributed by atoms with van der Waals surface area (Å²) in [5, 5.41) is 4.26. The highest BCUT2D eigenvalue weighted by Crippen LogP contribution is 2.33. The van der Waals surface area contributed by atoms with E-state index in [1.165, 1.54) is 0 Å². The molecule has 27 heavy (non-hydrogen) atoms. The Kier molecular flexibility index (Phi) is 4.91. The van der Waals surface area contributed by atoms with Crippen molar-refractivity contribution in [1.29, 1.82) is 0 Å². The molecule has 0 unspecified atom stereocenters. The number of likely N-dealkylation sites (tertiary alicyclic amines) is 1. The Hall–Kier alpha value is -3.10. The van der Waals surface area contributed by atoms with Crippen molar-refractivity contribution in [2.75, 3.05) is 25.5 Å². The van der Waals surface area contributed by atoms with E-state index in [1.807, 2.05) is 42.5 Å². The first-order valence-electron chi connectivity index (χ1n) is 9.15. The molecule has 0 atom stereocenters. The number of rotatable bonds is 4. The molecule has 0 aliphatic carbocycles. The lowest BCUT2D eigenvalue weighted by atomic mass is 10.1. The molecule has 0 spiro atoms. The second-order valence-corrected chi connectivity index (χ2v) is 6.84. The fourth-order valence-electron chi connectivity index (χ4n) is 3.38. The minimum absolute atomic E-state index is 0.213. The third-order valence-electron chi connectivity index (χ3n) is 4.88. The van der Waals surface area contributed by atoms with Gasteiger partial charge in [0.25, 0.3) is 0 Å². The molecular formula is C22H22N4O. The number of terminal acetylenes is 1. The van der Waals surface area contributed by atoms with Crippen molar-refractivity contribution in [2.24, 2.45) is 0 Å². The molecule has 0 saturated carbocycles. The predicted octanol–water partition coefficient (Wildman–Crippen LogP) is 3.83. The molecule has 1 saturated heterocycles. The number of aromatic nitrogens is 2. The first-order chi connectivity index (χ1) is 13.2. The first kappa shape index (κ1) is 17.3. The second kappa shape index (κ2) is 7.65. The highest BCUT2D eigenvalue weighted by atomic mass is 16.5. The van der Waals surface area contributed by atoms with Crippen LogP contribution in [0.2, 0.25) is 0 Å². The van der Waals surface area contributed by atoms with Crippen LogP contribution in [0.1, 0.15) is 18.4 Å². The van der Waals surface area contributed by atoms with Crippen molar-refractivity contribution in [3.63, 3.8) is 0 Å². The van der Waals surface area contributed by atoms with Crippen LogP contribution in [0.3, 0.4) is 0 Å². The summed E-state index contributed by atoms with van der Waals surface area (Å²) < 4.78 is 6.36. The first-order valence-corrected chi connectivity index (χ1v) is 9.15. The van der Waals surface area contributed by atoms with Crippen molar-refractivity contribution in [3.05, 3.63) is 54.4 Å². The third kappa shape index (κ3) is 3.86. The van der Waals surface area contributed by atoms with Crippen LogP contribution in [0.4, 0.5) is 11.5 Å². The van der Waals surface area contributed by atoms with Crippen LogP contribution in [0.25, 0.3) is 10.9 Å². The molecule has 5 nitrogen and oxygen atoms in total. The lowest BCUT2D eigenvalue weighted by Gasteiger charge is -2.29. The van der Waals surface area contributed by atoms with Crippen LogP contribution >= 0.6 is 0 Å². The SMILES string of the molecule is C#Cc1cccc(Nc2ncnc3cccc(OC4CCN(C)CC4)c23)c1. The van der Waals surface area contributed by atoms with E-state index in [9.17, 15) is 0 Å². The number of hydrogen-bond acceptors (Lipinski definition) is 5. The van der Waals surface area contributed by atoms with E-state index in [2.05, 4.69) is 33.2 Å². The Labute approximate surface area is 159 Å². The summed E-state index contributed by atoms with van der Waals surface area (Å²) in [5.41, 5.74) is 2.56. The van der Waals surface area contributed by atoms with Gasteiger partial charge < -0.3 is 15.0 Å². The summed E-state index contributed by atoms with van der Waals surface area (Å²) in [6, 6.07) is 13.7. The average Bonchev–Trinajstić information content (AvgIpc) is 2.70. The molecule has 1 fully saturated rings. The van der Waals surface area contributed by atoms with Gasteiger partial charge >= 0.3 is 0 Å². The van der Waals surface area contributed by atoms with E-state index in [0.29, 0.717) is 0 Å². The topological polar surface area (TPSA) is 50.3 Å². The summed E-state index contributed by atoms with van der Waals surface area (Å²) in [6.07, 6.45) is 9.33. The molecule has 5 heteroatoms. The van der Waals surface area contributed by atoms with E-state index in [1.54, 1.807) is 6.33 Å². The van der Waals surface area contributed by atoms with Crippen LogP contribution in [-0.4, -0.2) is 41.1 Å². The zero-order chi connectivity index (χ0) is 18.6. The van der Waals surface area contributed by atoms with E-state index >= 15 is 0 Å². The van der Waals surface area contributed by atoms with Gasteiger partial charge in [0.05, 0.1) is 10.9 Å². The Morgan fingerprint density at radius 2 is 1.96 bits per heavy atom. The average molecular weight is 358 g/mol. The lowest BCUT2D eigenvalue weighted by molar-refractivity contribution is 0.116. The predicted molar refractivity (Wildman–Crippen MR) is 108 cm³/mol. The van der Waals surface area contributed by atoms with Crippen LogP contribution in [-0.2, 0) is 0 Å².